The number of benzene rings is 1. The zero-order chi connectivity index (χ0) is 17.9. The molecule has 1 aromatic rings. The van der Waals surface area contributed by atoms with Crippen LogP contribution in [0, 0.1) is 0 Å². The minimum Gasteiger partial charge on any atom is -0.382 e. The van der Waals surface area contributed by atoms with Crippen LogP contribution in [0.3, 0.4) is 0 Å². The van der Waals surface area contributed by atoms with Crippen molar-refractivity contribution in [3.8, 4) is 0 Å². The summed E-state index contributed by atoms with van der Waals surface area (Å²) < 4.78 is 5.18. The van der Waals surface area contributed by atoms with Crippen LogP contribution >= 0.6 is 0 Å². The second kappa shape index (κ2) is 10.3. The molecule has 0 fully saturated rings. The lowest BCUT2D eigenvalue weighted by molar-refractivity contribution is -0.118. The summed E-state index contributed by atoms with van der Waals surface area (Å²) in [4.78, 5) is 34.9. The fourth-order valence-corrected chi connectivity index (χ4v) is 1.89. The lowest BCUT2D eigenvalue weighted by Crippen LogP contribution is -2.26. The first-order valence-corrected chi connectivity index (χ1v) is 7.90. The van der Waals surface area contributed by atoms with Crippen LogP contribution in [-0.4, -0.2) is 37.4 Å². The van der Waals surface area contributed by atoms with Gasteiger partial charge >= 0.3 is 0 Å². The van der Waals surface area contributed by atoms with E-state index in [2.05, 4.69) is 10.6 Å². The molecule has 0 aliphatic heterocycles. The Hall–Kier alpha value is -2.47. The van der Waals surface area contributed by atoms with Crippen molar-refractivity contribution in [3.05, 3.63) is 41.5 Å². The lowest BCUT2D eigenvalue weighted by atomic mass is 10.1. The van der Waals surface area contributed by atoms with Gasteiger partial charge in [0.1, 0.15) is 0 Å². The summed E-state index contributed by atoms with van der Waals surface area (Å²) in [5.41, 5.74) is 1.46. The van der Waals surface area contributed by atoms with Gasteiger partial charge in [-0.15, -0.1) is 0 Å². The Morgan fingerprint density at radius 3 is 2.38 bits per heavy atom. The topological polar surface area (TPSA) is 84.5 Å². The number of hydrogen-bond acceptors (Lipinski definition) is 4. The van der Waals surface area contributed by atoms with Gasteiger partial charge in [0.05, 0.1) is 0 Å². The molecule has 2 N–H and O–H groups in total. The highest BCUT2D eigenvalue weighted by Crippen LogP contribution is 2.10. The summed E-state index contributed by atoms with van der Waals surface area (Å²) in [5, 5.41) is 5.38. The van der Waals surface area contributed by atoms with Crippen molar-refractivity contribution in [2.45, 2.75) is 27.2 Å². The molecule has 0 bridgehead atoms. The van der Waals surface area contributed by atoms with E-state index < -0.39 is 5.91 Å². The molecular formula is C18H24N2O4. The number of carbonyl (C=O) groups is 3. The van der Waals surface area contributed by atoms with Gasteiger partial charge in [0.15, 0.2) is 5.78 Å². The first kappa shape index (κ1) is 19.6. The maximum atomic E-state index is 11.9. The number of ketones is 1. The molecule has 0 aliphatic carbocycles. The summed E-state index contributed by atoms with van der Waals surface area (Å²) >= 11 is 0. The molecule has 0 aliphatic rings. The van der Waals surface area contributed by atoms with Crippen LogP contribution in [0.5, 0.6) is 0 Å². The quantitative estimate of drug-likeness (QED) is 0.413. The third-order valence-corrected chi connectivity index (χ3v) is 3.22. The van der Waals surface area contributed by atoms with E-state index in [4.69, 9.17) is 4.74 Å². The average Bonchev–Trinajstić information content (AvgIpc) is 2.54. The highest BCUT2D eigenvalue weighted by Gasteiger charge is 2.07. The Morgan fingerprint density at radius 1 is 1.12 bits per heavy atom. The van der Waals surface area contributed by atoms with Crippen molar-refractivity contribution in [1.82, 2.24) is 5.32 Å². The summed E-state index contributed by atoms with van der Waals surface area (Å²) in [6.45, 7) is 6.72. The van der Waals surface area contributed by atoms with E-state index in [0.29, 0.717) is 36.6 Å². The van der Waals surface area contributed by atoms with Gasteiger partial charge in [0.25, 0.3) is 0 Å². The molecule has 0 radical (unpaired) electrons. The lowest BCUT2D eigenvalue weighted by Gasteiger charge is -2.06. The van der Waals surface area contributed by atoms with Gasteiger partial charge in [0.2, 0.25) is 11.8 Å². The standard InChI is InChI=1S/C18H24N2O4/c1-4-24-11-5-10-19-18(23)13(2)12-17(22)20-16-8-6-15(7-9-16)14(3)21/h6-9,12H,4-5,10-11H2,1-3H3,(H,19,23)(H,20,22)/b13-12-. The SMILES string of the molecule is CCOCCCNC(=O)/C(C)=C\C(=O)Nc1ccc(C(C)=O)cc1. The third-order valence-electron chi connectivity index (χ3n) is 3.22. The zero-order valence-electron chi connectivity index (χ0n) is 14.3. The third kappa shape index (κ3) is 7.19. The average molecular weight is 332 g/mol. The van der Waals surface area contributed by atoms with Crippen molar-refractivity contribution in [2.75, 3.05) is 25.1 Å². The Bertz CT molecular complexity index is 606. The zero-order valence-corrected chi connectivity index (χ0v) is 14.3. The maximum Gasteiger partial charge on any atom is 0.248 e. The Kier molecular flexibility index (Phi) is 8.43. The number of carbonyl (C=O) groups excluding carboxylic acids is 3. The van der Waals surface area contributed by atoms with Gasteiger partial charge < -0.3 is 15.4 Å². The van der Waals surface area contributed by atoms with Crippen LogP contribution in [0.4, 0.5) is 5.69 Å². The second-order valence-electron chi connectivity index (χ2n) is 5.26. The Morgan fingerprint density at radius 2 is 1.79 bits per heavy atom. The molecule has 1 rings (SSSR count). The molecule has 0 spiro atoms. The number of Topliss-reactive ketones (excluding diaryl/α,β-unsaturated/α-hetero) is 1. The molecule has 0 unspecified atom stereocenters. The van der Waals surface area contributed by atoms with Gasteiger partial charge in [-0.05, 0) is 51.5 Å². The molecule has 6 heteroatoms. The van der Waals surface area contributed by atoms with Gasteiger partial charge in [0, 0.05) is 42.7 Å². The monoisotopic (exact) mass is 332 g/mol. The fourth-order valence-electron chi connectivity index (χ4n) is 1.89. The van der Waals surface area contributed by atoms with E-state index in [1.807, 2.05) is 6.92 Å². The fraction of sp³-hybridized carbons (Fsp3) is 0.389. The molecular weight excluding hydrogens is 308 g/mol. The van der Waals surface area contributed by atoms with Gasteiger partial charge in [-0.3, -0.25) is 14.4 Å². The number of rotatable bonds is 9. The molecule has 6 nitrogen and oxygen atoms in total. The summed E-state index contributed by atoms with van der Waals surface area (Å²) in [6, 6.07) is 6.57. The van der Waals surface area contributed by atoms with Crippen molar-refractivity contribution in [1.29, 1.82) is 0 Å². The van der Waals surface area contributed by atoms with Gasteiger partial charge in [-0.2, -0.15) is 0 Å². The normalized spacial score (nSPS) is 11.0. The predicted molar refractivity (Wildman–Crippen MR) is 93.0 cm³/mol. The Labute approximate surface area is 142 Å². The molecule has 1 aromatic carbocycles. The number of ether oxygens (including phenoxy) is 1. The Balaban J connectivity index is 2.47. The number of nitrogens with one attached hydrogen (secondary N) is 2. The second-order valence-corrected chi connectivity index (χ2v) is 5.26. The number of amides is 2. The maximum absolute atomic E-state index is 11.9. The predicted octanol–water partition coefficient (Wildman–Crippen LogP) is 2.32. The molecule has 2 amide bonds. The molecule has 0 heterocycles. The molecule has 0 saturated carbocycles. The minimum atomic E-state index is -0.396. The van der Waals surface area contributed by atoms with Crippen LogP contribution < -0.4 is 10.6 Å². The highest BCUT2D eigenvalue weighted by atomic mass is 16.5. The molecule has 0 aromatic heterocycles. The summed E-state index contributed by atoms with van der Waals surface area (Å²) in [5.74, 6) is -0.717. The van der Waals surface area contributed by atoms with Crippen LogP contribution in [0.15, 0.2) is 35.9 Å². The first-order valence-electron chi connectivity index (χ1n) is 7.90. The minimum absolute atomic E-state index is 0.0374. The summed E-state index contributed by atoms with van der Waals surface area (Å²) in [6.07, 6.45) is 1.97. The van der Waals surface area contributed by atoms with Crippen molar-refractivity contribution >= 4 is 23.3 Å². The van der Waals surface area contributed by atoms with Crippen LogP contribution in [0.2, 0.25) is 0 Å². The van der Waals surface area contributed by atoms with Gasteiger partial charge in [-0.25, -0.2) is 0 Å². The highest BCUT2D eigenvalue weighted by molar-refractivity contribution is 6.06. The summed E-state index contributed by atoms with van der Waals surface area (Å²) in [7, 11) is 0. The van der Waals surface area contributed by atoms with Gasteiger partial charge in [-0.1, -0.05) is 0 Å². The van der Waals surface area contributed by atoms with Crippen molar-refractivity contribution in [3.63, 3.8) is 0 Å². The smallest absolute Gasteiger partial charge is 0.248 e. The molecule has 0 atom stereocenters. The number of anilines is 1. The van der Waals surface area contributed by atoms with E-state index in [1.165, 1.54) is 13.0 Å². The van der Waals surface area contributed by atoms with E-state index in [9.17, 15) is 14.4 Å². The molecule has 130 valence electrons. The van der Waals surface area contributed by atoms with E-state index in [1.54, 1.807) is 31.2 Å². The molecule has 0 saturated heterocycles. The van der Waals surface area contributed by atoms with E-state index in [0.717, 1.165) is 6.42 Å². The van der Waals surface area contributed by atoms with Crippen molar-refractivity contribution in [2.24, 2.45) is 0 Å². The molecule has 24 heavy (non-hydrogen) atoms. The van der Waals surface area contributed by atoms with Crippen LogP contribution in [0.25, 0.3) is 0 Å². The number of hydrogen-bond donors (Lipinski definition) is 2. The van der Waals surface area contributed by atoms with Crippen molar-refractivity contribution < 1.29 is 19.1 Å². The van der Waals surface area contributed by atoms with E-state index in [-0.39, 0.29) is 11.7 Å². The van der Waals surface area contributed by atoms with E-state index >= 15 is 0 Å². The van der Waals surface area contributed by atoms with Crippen LogP contribution in [-0.2, 0) is 14.3 Å². The largest absolute Gasteiger partial charge is 0.382 e. The van der Waals surface area contributed by atoms with Crippen LogP contribution in [0.1, 0.15) is 37.6 Å². The first-order chi connectivity index (χ1) is 11.4.